The highest BCUT2D eigenvalue weighted by Crippen LogP contribution is 2.21. The molecule has 0 atom stereocenters. The molecule has 0 aliphatic carbocycles. The Hall–Kier alpha value is -2.37. The molecule has 0 radical (unpaired) electrons. The van der Waals surface area contributed by atoms with E-state index < -0.39 is 4.92 Å². The summed E-state index contributed by atoms with van der Waals surface area (Å²) in [5.41, 5.74) is 2.46. The van der Waals surface area contributed by atoms with E-state index in [1.807, 2.05) is 12.1 Å². The topological polar surface area (TPSA) is 73.0 Å². The number of benzene rings is 1. The minimum Gasteiger partial charge on any atom is -0.363 e. The van der Waals surface area contributed by atoms with Crippen LogP contribution in [-0.4, -0.2) is 21.2 Å². The maximum absolute atomic E-state index is 10.8. The first-order valence-electron chi connectivity index (χ1n) is 6.04. The van der Waals surface area contributed by atoms with Crippen molar-refractivity contribution in [3.63, 3.8) is 0 Å². The van der Waals surface area contributed by atoms with Crippen LogP contribution in [0.2, 0.25) is 0 Å². The largest absolute Gasteiger partial charge is 0.363 e. The van der Waals surface area contributed by atoms with Gasteiger partial charge in [-0.25, -0.2) is 0 Å². The first-order valence-corrected chi connectivity index (χ1v) is 6.04. The number of aryl methyl sites for hydroxylation is 2. The van der Waals surface area contributed by atoms with Crippen molar-refractivity contribution in [2.45, 2.75) is 13.3 Å². The number of nitrogens with zero attached hydrogens (tertiary/aromatic N) is 3. The number of nitro groups is 1. The van der Waals surface area contributed by atoms with Gasteiger partial charge in [0.25, 0.3) is 0 Å². The molecule has 19 heavy (non-hydrogen) atoms. The summed E-state index contributed by atoms with van der Waals surface area (Å²) in [5.74, 6) is 0.320. The molecule has 1 aromatic carbocycles. The van der Waals surface area contributed by atoms with Crippen molar-refractivity contribution in [2.75, 3.05) is 11.9 Å². The molecular formula is C13H16N4O2. The zero-order chi connectivity index (χ0) is 13.8. The summed E-state index contributed by atoms with van der Waals surface area (Å²) < 4.78 is 1.44. The fraction of sp³-hybridized carbons (Fsp3) is 0.308. The molecule has 2 rings (SSSR count). The van der Waals surface area contributed by atoms with Crippen molar-refractivity contribution < 1.29 is 4.92 Å². The molecule has 2 aromatic rings. The van der Waals surface area contributed by atoms with Gasteiger partial charge in [-0.05, 0) is 24.5 Å². The average Bonchev–Trinajstić information content (AvgIpc) is 2.73. The number of hydrogen-bond donors (Lipinski definition) is 1. The van der Waals surface area contributed by atoms with Crippen molar-refractivity contribution in [1.29, 1.82) is 0 Å². The zero-order valence-electron chi connectivity index (χ0n) is 11.0. The molecule has 0 bridgehead atoms. The van der Waals surface area contributed by atoms with E-state index in [0.717, 1.165) is 6.42 Å². The molecule has 0 unspecified atom stereocenters. The molecule has 1 heterocycles. The molecule has 0 aliphatic heterocycles. The van der Waals surface area contributed by atoms with Gasteiger partial charge in [-0.15, -0.1) is 5.10 Å². The Morgan fingerprint density at radius 3 is 2.84 bits per heavy atom. The van der Waals surface area contributed by atoms with Crippen LogP contribution in [0.15, 0.2) is 30.5 Å². The van der Waals surface area contributed by atoms with E-state index in [-0.39, 0.29) is 5.69 Å². The Bertz CT molecular complexity index is 592. The van der Waals surface area contributed by atoms with E-state index >= 15 is 0 Å². The third-order valence-corrected chi connectivity index (χ3v) is 2.95. The van der Waals surface area contributed by atoms with Gasteiger partial charge in [0.1, 0.15) is 6.20 Å². The third kappa shape index (κ3) is 3.09. The van der Waals surface area contributed by atoms with Crippen LogP contribution in [0.3, 0.4) is 0 Å². The second-order valence-electron chi connectivity index (χ2n) is 4.40. The first-order chi connectivity index (χ1) is 9.08. The molecule has 1 aromatic heterocycles. The molecule has 6 nitrogen and oxygen atoms in total. The smallest absolute Gasteiger partial charge is 0.330 e. The second-order valence-corrected chi connectivity index (χ2v) is 4.40. The van der Waals surface area contributed by atoms with E-state index in [1.165, 1.54) is 22.0 Å². The molecule has 0 fully saturated rings. The average molecular weight is 260 g/mol. The Labute approximate surface area is 111 Å². The van der Waals surface area contributed by atoms with Gasteiger partial charge >= 0.3 is 5.69 Å². The van der Waals surface area contributed by atoms with Crippen molar-refractivity contribution in [3.8, 4) is 0 Å². The number of aromatic nitrogens is 2. The van der Waals surface area contributed by atoms with E-state index in [0.29, 0.717) is 12.4 Å². The number of anilines is 1. The summed E-state index contributed by atoms with van der Waals surface area (Å²) in [6.07, 6.45) is 2.20. The zero-order valence-corrected chi connectivity index (χ0v) is 11.0. The minimum atomic E-state index is -0.427. The summed E-state index contributed by atoms with van der Waals surface area (Å²) in [6.45, 7) is 2.67. The molecule has 0 aliphatic rings. The lowest BCUT2D eigenvalue weighted by Crippen LogP contribution is -2.07. The fourth-order valence-electron chi connectivity index (χ4n) is 1.94. The third-order valence-electron chi connectivity index (χ3n) is 2.95. The summed E-state index contributed by atoms with van der Waals surface area (Å²) >= 11 is 0. The normalized spacial score (nSPS) is 10.4. The predicted molar refractivity (Wildman–Crippen MR) is 73.2 cm³/mol. The second kappa shape index (κ2) is 5.51. The van der Waals surface area contributed by atoms with Crippen molar-refractivity contribution in [2.24, 2.45) is 7.05 Å². The van der Waals surface area contributed by atoms with Gasteiger partial charge in [-0.2, -0.15) is 0 Å². The van der Waals surface area contributed by atoms with Gasteiger partial charge < -0.3 is 5.32 Å². The Kier molecular flexibility index (Phi) is 3.79. The highest BCUT2D eigenvalue weighted by atomic mass is 16.6. The van der Waals surface area contributed by atoms with Gasteiger partial charge in [0, 0.05) is 13.6 Å². The first kappa shape index (κ1) is 13.1. The van der Waals surface area contributed by atoms with E-state index in [1.54, 1.807) is 7.05 Å². The van der Waals surface area contributed by atoms with Gasteiger partial charge in [0.15, 0.2) is 0 Å². The molecule has 0 saturated heterocycles. The Morgan fingerprint density at radius 2 is 2.16 bits per heavy atom. The number of nitrogens with one attached hydrogen (secondary N) is 1. The highest BCUT2D eigenvalue weighted by Gasteiger charge is 2.17. The lowest BCUT2D eigenvalue weighted by Gasteiger charge is -2.06. The van der Waals surface area contributed by atoms with Crippen LogP contribution in [0, 0.1) is 17.0 Å². The monoisotopic (exact) mass is 260 g/mol. The maximum atomic E-state index is 10.8. The summed E-state index contributed by atoms with van der Waals surface area (Å²) in [6, 6.07) is 8.10. The van der Waals surface area contributed by atoms with Crippen LogP contribution in [0.4, 0.5) is 11.5 Å². The van der Waals surface area contributed by atoms with Crippen LogP contribution in [0.25, 0.3) is 0 Å². The predicted octanol–water partition coefficient (Wildman–Crippen LogP) is 2.29. The van der Waals surface area contributed by atoms with Crippen LogP contribution in [-0.2, 0) is 13.5 Å². The van der Waals surface area contributed by atoms with E-state index in [9.17, 15) is 10.1 Å². The molecule has 0 saturated carbocycles. The van der Waals surface area contributed by atoms with Gasteiger partial charge in [-0.1, -0.05) is 24.3 Å². The van der Waals surface area contributed by atoms with Crippen LogP contribution < -0.4 is 5.32 Å². The Balaban J connectivity index is 2.00. The molecule has 0 spiro atoms. The van der Waals surface area contributed by atoms with Crippen molar-refractivity contribution in [1.82, 2.24) is 9.78 Å². The molecule has 1 N–H and O–H groups in total. The molecule has 100 valence electrons. The van der Waals surface area contributed by atoms with Crippen LogP contribution in [0.5, 0.6) is 0 Å². The molecule has 6 heteroatoms. The van der Waals surface area contributed by atoms with Crippen LogP contribution >= 0.6 is 0 Å². The van der Waals surface area contributed by atoms with Crippen molar-refractivity contribution >= 4 is 11.5 Å². The number of hydrogen-bond acceptors (Lipinski definition) is 4. The Morgan fingerprint density at radius 1 is 1.42 bits per heavy atom. The standard InChI is InChI=1S/C13H16N4O2/c1-10-5-3-4-6-11(10)7-8-14-13-12(17(18)19)9-16(2)15-13/h3-6,9H,7-8H2,1-2H3,(H,14,15). The minimum absolute atomic E-state index is 0.00674. The van der Waals surface area contributed by atoms with E-state index in [4.69, 9.17) is 0 Å². The lowest BCUT2D eigenvalue weighted by atomic mass is 10.1. The van der Waals surface area contributed by atoms with Gasteiger partial charge in [0.2, 0.25) is 5.82 Å². The van der Waals surface area contributed by atoms with Crippen LogP contribution in [0.1, 0.15) is 11.1 Å². The summed E-state index contributed by atoms with van der Waals surface area (Å²) in [4.78, 5) is 10.4. The maximum Gasteiger partial charge on any atom is 0.330 e. The quantitative estimate of drug-likeness (QED) is 0.661. The van der Waals surface area contributed by atoms with Gasteiger partial charge in [0.05, 0.1) is 4.92 Å². The molecular weight excluding hydrogens is 244 g/mol. The van der Waals surface area contributed by atoms with Gasteiger partial charge in [-0.3, -0.25) is 14.8 Å². The lowest BCUT2D eigenvalue weighted by molar-refractivity contribution is -0.384. The summed E-state index contributed by atoms with van der Waals surface area (Å²) in [7, 11) is 1.67. The summed E-state index contributed by atoms with van der Waals surface area (Å²) in [5, 5.41) is 17.9. The van der Waals surface area contributed by atoms with Crippen molar-refractivity contribution in [3.05, 3.63) is 51.7 Å². The fourth-order valence-corrected chi connectivity index (χ4v) is 1.94. The SMILES string of the molecule is Cc1ccccc1CCNc1nn(C)cc1[N+](=O)[O-]. The molecule has 0 amide bonds. The van der Waals surface area contributed by atoms with E-state index in [2.05, 4.69) is 29.5 Å². The number of rotatable bonds is 5. The highest BCUT2D eigenvalue weighted by molar-refractivity contribution is 5.54.